The van der Waals surface area contributed by atoms with E-state index in [1.54, 1.807) is 0 Å². The fourth-order valence-corrected chi connectivity index (χ4v) is 2.87. The highest BCUT2D eigenvalue weighted by Crippen LogP contribution is 2.57. The summed E-state index contributed by atoms with van der Waals surface area (Å²) < 4.78 is 83.5. The van der Waals surface area contributed by atoms with Crippen LogP contribution in [0.15, 0.2) is 36.4 Å². The van der Waals surface area contributed by atoms with Crippen LogP contribution in [0.4, 0.5) is 26.3 Å². The molecule has 0 amide bonds. The fraction of sp³-hybridized carbons (Fsp3) is 0.176. The Morgan fingerprint density at radius 3 is 1.17 bits per heavy atom. The molecule has 156 valence electrons. The normalized spacial score (nSPS) is 12.6. The van der Waals surface area contributed by atoms with Gasteiger partial charge in [-0.3, -0.25) is 0 Å². The molecular formula is C17H10F6O6. The average molecular weight is 424 g/mol. The molecule has 12 heteroatoms. The van der Waals surface area contributed by atoms with Crippen molar-refractivity contribution in [1.82, 2.24) is 0 Å². The van der Waals surface area contributed by atoms with Crippen LogP contribution >= 0.6 is 0 Å². The zero-order chi connectivity index (χ0) is 22.4. The largest absolute Gasteiger partial charge is 0.507 e. The molecule has 0 fully saturated rings. The Morgan fingerprint density at radius 1 is 0.655 bits per heavy atom. The zero-order valence-corrected chi connectivity index (χ0v) is 13.8. The van der Waals surface area contributed by atoms with Crippen LogP contribution in [0.25, 0.3) is 0 Å². The predicted molar refractivity (Wildman–Crippen MR) is 83.0 cm³/mol. The van der Waals surface area contributed by atoms with Gasteiger partial charge in [-0.25, -0.2) is 9.59 Å². The summed E-state index contributed by atoms with van der Waals surface area (Å²) in [5, 5.41) is 36.9. The van der Waals surface area contributed by atoms with E-state index in [4.69, 9.17) is 10.2 Å². The van der Waals surface area contributed by atoms with Crippen LogP contribution in [-0.4, -0.2) is 44.7 Å². The standard InChI is InChI=1S/C17H10F6O6/c18-16(19,20)15(17(21,22)23,7-1-3-9(13(26)27)11(24)5-7)8-2-4-10(14(28)29)12(25)6-8/h1-6,24-25H,(H,26,27)(H,28,29). The van der Waals surface area contributed by atoms with Crippen LogP contribution in [0.2, 0.25) is 0 Å². The molecule has 0 unspecified atom stereocenters. The molecule has 29 heavy (non-hydrogen) atoms. The zero-order valence-electron chi connectivity index (χ0n) is 13.8. The molecule has 0 aromatic heterocycles. The summed E-state index contributed by atoms with van der Waals surface area (Å²) in [5.41, 5.74) is -9.83. The van der Waals surface area contributed by atoms with E-state index in [0.717, 1.165) is 0 Å². The van der Waals surface area contributed by atoms with Gasteiger partial charge < -0.3 is 20.4 Å². The number of carbonyl (C=O) groups is 2. The second-order valence-electron chi connectivity index (χ2n) is 5.82. The van der Waals surface area contributed by atoms with Crippen molar-refractivity contribution in [2.45, 2.75) is 17.8 Å². The molecule has 0 aliphatic carbocycles. The van der Waals surface area contributed by atoms with E-state index in [9.17, 15) is 46.1 Å². The van der Waals surface area contributed by atoms with Crippen LogP contribution in [0.1, 0.15) is 31.8 Å². The van der Waals surface area contributed by atoms with Gasteiger partial charge in [0.1, 0.15) is 22.6 Å². The van der Waals surface area contributed by atoms with Gasteiger partial charge in [0.05, 0.1) is 0 Å². The third kappa shape index (κ3) is 3.41. The molecule has 0 aliphatic heterocycles. The monoisotopic (exact) mass is 424 g/mol. The molecule has 6 nitrogen and oxygen atoms in total. The Hall–Kier alpha value is -3.44. The van der Waals surface area contributed by atoms with Crippen LogP contribution in [0, 0.1) is 0 Å². The first-order valence-corrected chi connectivity index (χ1v) is 7.41. The minimum absolute atomic E-state index is 0.00654. The van der Waals surface area contributed by atoms with Gasteiger partial charge in [0.25, 0.3) is 0 Å². The second-order valence-corrected chi connectivity index (χ2v) is 5.82. The van der Waals surface area contributed by atoms with E-state index in [2.05, 4.69) is 0 Å². The van der Waals surface area contributed by atoms with Crippen molar-refractivity contribution in [3.8, 4) is 11.5 Å². The maximum atomic E-state index is 13.9. The molecule has 2 rings (SSSR count). The van der Waals surface area contributed by atoms with Crippen molar-refractivity contribution >= 4 is 11.9 Å². The fourth-order valence-electron chi connectivity index (χ4n) is 2.87. The lowest BCUT2D eigenvalue weighted by Crippen LogP contribution is -2.54. The Bertz CT molecular complexity index is 900. The molecular weight excluding hydrogens is 414 g/mol. The highest BCUT2D eigenvalue weighted by molar-refractivity contribution is 5.91. The maximum absolute atomic E-state index is 13.9. The van der Waals surface area contributed by atoms with Crippen molar-refractivity contribution in [2.24, 2.45) is 0 Å². The van der Waals surface area contributed by atoms with Gasteiger partial charge in [-0.15, -0.1) is 0 Å². The van der Waals surface area contributed by atoms with Crippen molar-refractivity contribution in [2.75, 3.05) is 0 Å². The molecule has 2 aromatic rings. The number of rotatable bonds is 4. The van der Waals surface area contributed by atoms with E-state index < -0.39 is 63.5 Å². The number of hydrogen-bond acceptors (Lipinski definition) is 4. The van der Waals surface area contributed by atoms with Crippen LogP contribution in [0.5, 0.6) is 11.5 Å². The SMILES string of the molecule is O=C(O)c1ccc(C(c2ccc(C(=O)O)c(O)c2)(C(F)(F)F)C(F)(F)F)cc1O. The lowest BCUT2D eigenvalue weighted by molar-refractivity contribution is -0.288. The number of alkyl halides is 6. The molecule has 0 saturated carbocycles. The quantitative estimate of drug-likeness (QED) is 0.554. The number of aromatic hydroxyl groups is 2. The van der Waals surface area contributed by atoms with E-state index in [1.807, 2.05) is 0 Å². The summed E-state index contributed by atoms with van der Waals surface area (Å²) in [6.07, 6.45) is -12.2. The number of carboxylic acid groups (broad SMARTS) is 2. The highest BCUT2D eigenvalue weighted by Gasteiger charge is 2.72. The van der Waals surface area contributed by atoms with Gasteiger partial charge >= 0.3 is 24.3 Å². The molecule has 2 aromatic carbocycles. The Kier molecular flexibility index (Phi) is 5.17. The number of hydrogen-bond donors (Lipinski definition) is 4. The maximum Gasteiger partial charge on any atom is 0.411 e. The Balaban J connectivity index is 2.95. The summed E-state index contributed by atoms with van der Waals surface area (Å²) in [4.78, 5) is 21.8. The lowest BCUT2D eigenvalue weighted by atomic mass is 9.72. The van der Waals surface area contributed by atoms with Crippen molar-refractivity contribution in [1.29, 1.82) is 0 Å². The van der Waals surface area contributed by atoms with Gasteiger partial charge in [-0.05, 0) is 35.4 Å². The first kappa shape index (κ1) is 21.9. The first-order chi connectivity index (χ1) is 13.1. The molecule has 0 radical (unpaired) electrons. The number of phenols is 2. The number of aromatic carboxylic acids is 2. The first-order valence-electron chi connectivity index (χ1n) is 7.41. The van der Waals surface area contributed by atoms with Crippen molar-refractivity contribution in [3.05, 3.63) is 58.7 Å². The van der Waals surface area contributed by atoms with Crippen LogP contribution in [-0.2, 0) is 5.41 Å². The van der Waals surface area contributed by atoms with E-state index in [-0.39, 0.29) is 24.3 Å². The third-order valence-corrected chi connectivity index (χ3v) is 4.17. The molecule has 4 N–H and O–H groups in total. The molecule has 0 aliphatic rings. The topological polar surface area (TPSA) is 115 Å². The Labute approximate surface area is 157 Å². The van der Waals surface area contributed by atoms with E-state index in [0.29, 0.717) is 12.1 Å². The second kappa shape index (κ2) is 6.87. The minimum atomic E-state index is -6.08. The van der Waals surface area contributed by atoms with Gasteiger partial charge in [-0.2, -0.15) is 26.3 Å². The molecule has 0 heterocycles. The molecule has 0 bridgehead atoms. The third-order valence-electron chi connectivity index (χ3n) is 4.17. The van der Waals surface area contributed by atoms with Gasteiger partial charge in [0, 0.05) is 0 Å². The van der Waals surface area contributed by atoms with Crippen molar-refractivity contribution < 1.29 is 56.4 Å². The number of benzene rings is 2. The summed E-state index contributed by atoms with van der Waals surface area (Å²) in [6.45, 7) is 0. The van der Waals surface area contributed by atoms with E-state index in [1.165, 1.54) is 0 Å². The van der Waals surface area contributed by atoms with Gasteiger partial charge in [-0.1, -0.05) is 12.1 Å². The molecule has 0 atom stereocenters. The lowest BCUT2D eigenvalue weighted by Gasteiger charge is -2.38. The smallest absolute Gasteiger partial charge is 0.411 e. The summed E-state index contributed by atoms with van der Waals surface area (Å²) in [7, 11) is 0. The van der Waals surface area contributed by atoms with Gasteiger partial charge in [0.2, 0.25) is 5.41 Å². The predicted octanol–water partition coefficient (Wildman–Crippen LogP) is 3.90. The molecule has 0 saturated heterocycles. The number of halogens is 6. The summed E-state index contributed by atoms with van der Waals surface area (Å²) >= 11 is 0. The van der Waals surface area contributed by atoms with Crippen molar-refractivity contribution in [3.63, 3.8) is 0 Å². The van der Waals surface area contributed by atoms with E-state index >= 15 is 0 Å². The number of carboxylic acids is 2. The van der Waals surface area contributed by atoms with Crippen LogP contribution in [0.3, 0.4) is 0 Å². The highest BCUT2D eigenvalue weighted by atomic mass is 19.4. The average Bonchev–Trinajstić information content (AvgIpc) is 2.52. The summed E-state index contributed by atoms with van der Waals surface area (Å²) in [6, 6.07) is 1.20. The molecule has 0 spiro atoms. The summed E-state index contributed by atoms with van der Waals surface area (Å²) in [5.74, 6) is -6.28. The van der Waals surface area contributed by atoms with Crippen LogP contribution < -0.4 is 0 Å². The van der Waals surface area contributed by atoms with Gasteiger partial charge in [0.15, 0.2) is 0 Å². The minimum Gasteiger partial charge on any atom is -0.507 e. The Morgan fingerprint density at radius 2 is 0.966 bits per heavy atom.